The molecule has 0 atom stereocenters. The first-order valence-electron chi connectivity index (χ1n) is 6.83. The number of hydrogen-bond acceptors (Lipinski definition) is 2. The van der Waals surface area contributed by atoms with Crippen molar-refractivity contribution in [1.82, 2.24) is 0 Å². The van der Waals surface area contributed by atoms with E-state index >= 15 is 0 Å². The normalized spacial score (nSPS) is 17.5. The second kappa shape index (κ2) is 6.10. The van der Waals surface area contributed by atoms with Crippen molar-refractivity contribution < 1.29 is 4.79 Å². The molecule has 0 unspecified atom stereocenters. The second-order valence-corrected chi connectivity index (χ2v) is 6.51. The lowest BCUT2D eigenvalue weighted by molar-refractivity contribution is -0.126. The Labute approximate surface area is 129 Å². The molecule has 5 heteroatoms. The fraction of sp³-hybridized carbons (Fsp3) is 0.467. The second-order valence-electron chi connectivity index (χ2n) is 5.63. The summed E-state index contributed by atoms with van der Waals surface area (Å²) in [5.41, 5.74) is 6.63. The molecule has 0 radical (unpaired) electrons. The van der Waals surface area contributed by atoms with Gasteiger partial charge in [0.05, 0.1) is 5.69 Å². The molecular formula is C15H19ClN2OS. The van der Waals surface area contributed by atoms with Crippen molar-refractivity contribution in [1.29, 1.82) is 0 Å². The third-order valence-corrected chi connectivity index (χ3v) is 4.46. The smallest absolute Gasteiger partial charge is 0.230 e. The van der Waals surface area contributed by atoms with E-state index in [1.54, 1.807) is 18.2 Å². The quantitative estimate of drug-likeness (QED) is 0.833. The van der Waals surface area contributed by atoms with Gasteiger partial charge in [-0.05, 0) is 31.0 Å². The largest absolute Gasteiger partial charge is 0.389 e. The van der Waals surface area contributed by atoms with E-state index in [1.807, 2.05) is 6.92 Å². The van der Waals surface area contributed by atoms with E-state index in [1.165, 1.54) is 6.42 Å². The molecule has 1 fully saturated rings. The van der Waals surface area contributed by atoms with Crippen LogP contribution in [0, 0.1) is 5.41 Å². The standard InChI is InChI=1S/C15H19ClN2OS/c1-15(7-3-2-4-8-15)14(19)18-12-9-10(16)5-6-11(12)13(17)20/h5-6,9H,2-4,7-8H2,1H3,(H2,17,20)(H,18,19). The highest BCUT2D eigenvalue weighted by Crippen LogP contribution is 2.37. The van der Waals surface area contributed by atoms with Gasteiger partial charge in [0.1, 0.15) is 4.99 Å². The van der Waals surface area contributed by atoms with Crippen molar-refractivity contribution in [3.8, 4) is 0 Å². The first kappa shape index (κ1) is 15.3. The van der Waals surface area contributed by atoms with Crippen LogP contribution in [-0.2, 0) is 4.79 Å². The van der Waals surface area contributed by atoms with Gasteiger partial charge in [-0.15, -0.1) is 0 Å². The lowest BCUT2D eigenvalue weighted by Crippen LogP contribution is -2.35. The van der Waals surface area contributed by atoms with Gasteiger partial charge in [-0.3, -0.25) is 4.79 Å². The molecule has 1 aromatic carbocycles. The van der Waals surface area contributed by atoms with Crippen molar-refractivity contribution in [3.63, 3.8) is 0 Å². The van der Waals surface area contributed by atoms with Crippen LogP contribution < -0.4 is 11.1 Å². The number of hydrogen-bond donors (Lipinski definition) is 2. The van der Waals surface area contributed by atoms with E-state index in [0.717, 1.165) is 25.7 Å². The van der Waals surface area contributed by atoms with Gasteiger partial charge >= 0.3 is 0 Å². The number of anilines is 1. The molecule has 0 bridgehead atoms. The highest BCUT2D eigenvalue weighted by Gasteiger charge is 2.34. The molecule has 20 heavy (non-hydrogen) atoms. The van der Waals surface area contributed by atoms with E-state index in [2.05, 4.69) is 5.32 Å². The molecule has 0 aromatic heterocycles. The van der Waals surface area contributed by atoms with Crippen LogP contribution in [0.25, 0.3) is 0 Å². The van der Waals surface area contributed by atoms with E-state index in [-0.39, 0.29) is 16.3 Å². The van der Waals surface area contributed by atoms with E-state index in [4.69, 9.17) is 29.6 Å². The van der Waals surface area contributed by atoms with Gasteiger partial charge in [-0.2, -0.15) is 0 Å². The highest BCUT2D eigenvalue weighted by molar-refractivity contribution is 7.80. The van der Waals surface area contributed by atoms with Crippen LogP contribution >= 0.6 is 23.8 Å². The lowest BCUT2D eigenvalue weighted by Gasteiger charge is -2.32. The average Bonchev–Trinajstić information content (AvgIpc) is 2.39. The summed E-state index contributed by atoms with van der Waals surface area (Å²) in [7, 11) is 0. The van der Waals surface area contributed by atoms with Gasteiger partial charge in [0.25, 0.3) is 0 Å². The number of carbonyl (C=O) groups is 1. The summed E-state index contributed by atoms with van der Waals surface area (Å²) in [5, 5.41) is 3.50. The van der Waals surface area contributed by atoms with Crippen molar-refractivity contribution >= 4 is 40.4 Å². The molecule has 1 aliphatic rings. The molecule has 0 spiro atoms. The minimum absolute atomic E-state index is 0.0250. The minimum Gasteiger partial charge on any atom is -0.389 e. The van der Waals surface area contributed by atoms with E-state index < -0.39 is 0 Å². The van der Waals surface area contributed by atoms with Gasteiger partial charge < -0.3 is 11.1 Å². The Hall–Kier alpha value is -1.13. The minimum atomic E-state index is -0.311. The number of thiocarbonyl (C=S) groups is 1. The molecule has 0 aliphatic heterocycles. The van der Waals surface area contributed by atoms with Crippen molar-refractivity contribution in [2.75, 3.05) is 5.32 Å². The summed E-state index contributed by atoms with van der Waals surface area (Å²) >= 11 is 11.0. The fourth-order valence-electron chi connectivity index (χ4n) is 2.67. The predicted molar refractivity (Wildman–Crippen MR) is 87.2 cm³/mol. The molecule has 3 nitrogen and oxygen atoms in total. The Balaban J connectivity index is 2.23. The summed E-state index contributed by atoms with van der Waals surface area (Å²) in [4.78, 5) is 12.8. The van der Waals surface area contributed by atoms with Gasteiger partial charge in [0.2, 0.25) is 5.91 Å². The molecule has 1 amide bonds. The maximum Gasteiger partial charge on any atom is 0.230 e. The van der Waals surface area contributed by atoms with Crippen LogP contribution in [0.2, 0.25) is 5.02 Å². The topological polar surface area (TPSA) is 55.1 Å². The molecule has 0 heterocycles. The Morgan fingerprint density at radius 1 is 1.35 bits per heavy atom. The summed E-state index contributed by atoms with van der Waals surface area (Å²) in [6.07, 6.45) is 5.24. The molecule has 0 saturated heterocycles. The first-order valence-corrected chi connectivity index (χ1v) is 7.62. The predicted octanol–water partition coefficient (Wildman–Crippen LogP) is 3.88. The highest BCUT2D eigenvalue weighted by atomic mass is 35.5. The molecule has 1 saturated carbocycles. The number of amides is 1. The van der Waals surface area contributed by atoms with Crippen LogP contribution in [0.3, 0.4) is 0 Å². The third-order valence-electron chi connectivity index (χ3n) is 4.00. The summed E-state index contributed by atoms with van der Waals surface area (Å²) in [5.74, 6) is 0.0250. The molecule has 108 valence electrons. The lowest BCUT2D eigenvalue weighted by atomic mass is 9.75. The zero-order chi connectivity index (χ0) is 14.8. The Morgan fingerprint density at radius 2 is 2.00 bits per heavy atom. The summed E-state index contributed by atoms with van der Waals surface area (Å²) < 4.78 is 0. The molecule has 2 rings (SSSR count). The number of nitrogens with one attached hydrogen (secondary N) is 1. The van der Waals surface area contributed by atoms with Crippen molar-refractivity contribution in [3.05, 3.63) is 28.8 Å². The van der Waals surface area contributed by atoms with Crippen LogP contribution in [0.5, 0.6) is 0 Å². The van der Waals surface area contributed by atoms with Gasteiger partial charge in [0.15, 0.2) is 0 Å². The number of carbonyl (C=O) groups excluding carboxylic acids is 1. The first-order chi connectivity index (χ1) is 9.42. The Kier molecular flexibility index (Phi) is 4.66. The fourth-order valence-corrected chi connectivity index (χ4v) is 3.02. The van der Waals surface area contributed by atoms with Crippen LogP contribution in [-0.4, -0.2) is 10.9 Å². The summed E-state index contributed by atoms with van der Waals surface area (Å²) in [6, 6.07) is 5.15. The van der Waals surface area contributed by atoms with Crippen LogP contribution in [0.15, 0.2) is 18.2 Å². The zero-order valence-corrected chi connectivity index (χ0v) is 13.1. The Morgan fingerprint density at radius 3 is 2.60 bits per heavy atom. The monoisotopic (exact) mass is 310 g/mol. The SMILES string of the molecule is CC1(C(=O)Nc2cc(Cl)ccc2C(N)=S)CCCCC1. The maximum atomic E-state index is 12.5. The Bertz CT molecular complexity index is 539. The van der Waals surface area contributed by atoms with E-state index in [0.29, 0.717) is 16.3 Å². The van der Waals surface area contributed by atoms with Gasteiger partial charge in [-0.1, -0.05) is 50.0 Å². The zero-order valence-electron chi connectivity index (χ0n) is 11.5. The van der Waals surface area contributed by atoms with Crippen molar-refractivity contribution in [2.45, 2.75) is 39.0 Å². The third kappa shape index (κ3) is 3.30. The maximum absolute atomic E-state index is 12.5. The van der Waals surface area contributed by atoms with Crippen molar-refractivity contribution in [2.24, 2.45) is 11.1 Å². The number of rotatable bonds is 3. The molecule has 1 aromatic rings. The molecule has 1 aliphatic carbocycles. The van der Waals surface area contributed by atoms with Crippen LogP contribution in [0.4, 0.5) is 5.69 Å². The molecule has 3 N–H and O–H groups in total. The van der Waals surface area contributed by atoms with Gasteiger partial charge in [-0.25, -0.2) is 0 Å². The van der Waals surface area contributed by atoms with Gasteiger partial charge in [0, 0.05) is 16.0 Å². The number of nitrogens with two attached hydrogens (primary N) is 1. The average molecular weight is 311 g/mol. The summed E-state index contributed by atoms with van der Waals surface area (Å²) in [6.45, 7) is 2.02. The molecular weight excluding hydrogens is 292 g/mol. The van der Waals surface area contributed by atoms with Crippen LogP contribution in [0.1, 0.15) is 44.6 Å². The number of halogens is 1. The van der Waals surface area contributed by atoms with E-state index in [9.17, 15) is 4.79 Å². The number of benzene rings is 1.